The van der Waals surface area contributed by atoms with Crippen molar-refractivity contribution in [2.45, 2.75) is 12.8 Å². The first-order valence-electron chi connectivity index (χ1n) is 8.32. The van der Waals surface area contributed by atoms with Crippen molar-refractivity contribution in [1.29, 1.82) is 0 Å². The van der Waals surface area contributed by atoms with Crippen molar-refractivity contribution in [3.63, 3.8) is 0 Å². The Balaban J connectivity index is 1.55. The summed E-state index contributed by atoms with van der Waals surface area (Å²) in [7, 11) is 1.54. The average molecular weight is 423 g/mol. The molecule has 29 heavy (non-hydrogen) atoms. The number of amides is 1. The fourth-order valence-corrected chi connectivity index (χ4v) is 3.11. The normalized spacial score (nSPS) is 11.0. The number of nitrogens with one attached hydrogen (secondary N) is 2. The number of aromatic nitrogens is 1. The van der Waals surface area contributed by atoms with Gasteiger partial charge in [-0.1, -0.05) is 6.07 Å². The van der Waals surface area contributed by atoms with E-state index in [1.165, 1.54) is 35.6 Å². The molecule has 152 valence electrons. The molecule has 0 aliphatic carbocycles. The van der Waals surface area contributed by atoms with Gasteiger partial charge in [0.1, 0.15) is 11.5 Å². The molecule has 6 nitrogen and oxygen atoms in total. The lowest BCUT2D eigenvalue weighted by atomic mass is 10.2. The van der Waals surface area contributed by atoms with Gasteiger partial charge in [-0.2, -0.15) is 0 Å². The van der Waals surface area contributed by atoms with Gasteiger partial charge < -0.3 is 20.1 Å². The molecule has 2 N–H and O–H groups in total. The summed E-state index contributed by atoms with van der Waals surface area (Å²) in [6, 6.07) is 12.3. The van der Waals surface area contributed by atoms with E-state index in [1.54, 1.807) is 36.8 Å². The number of benzene rings is 2. The fourth-order valence-electron chi connectivity index (χ4n) is 2.38. The topological polar surface area (TPSA) is 72.5 Å². The van der Waals surface area contributed by atoms with Crippen LogP contribution < -0.4 is 20.1 Å². The number of rotatable bonds is 7. The van der Waals surface area contributed by atoms with Crippen molar-refractivity contribution in [2.24, 2.45) is 0 Å². The minimum atomic E-state index is -4.73. The minimum absolute atomic E-state index is 0.0771. The van der Waals surface area contributed by atoms with Crippen LogP contribution in [0.25, 0.3) is 0 Å². The van der Waals surface area contributed by atoms with Gasteiger partial charge >= 0.3 is 6.36 Å². The molecule has 0 aliphatic heterocycles. The van der Waals surface area contributed by atoms with E-state index in [0.717, 1.165) is 0 Å². The predicted octanol–water partition coefficient (Wildman–Crippen LogP) is 4.98. The second-order valence-corrected chi connectivity index (χ2v) is 6.66. The summed E-state index contributed by atoms with van der Waals surface area (Å²) in [6.45, 7) is 0. The summed E-state index contributed by atoms with van der Waals surface area (Å²) >= 11 is 1.28. The molecule has 0 radical (unpaired) electrons. The van der Waals surface area contributed by atoms with Crippen LogP contribution in [-0.4, -0.2) is 24.4 Å². The monoisotopic (exact) mass is 423 g/mol. The zero-order valence-corrected chi connectivity index (χ0v) is 15.9. The minimum Gasteiger partial charge on any atom is -0.497 e. The molecule has 3 rings (SSSR count). The molecule has 3 aromatic rings. The first kappa shape index (κ1) is 20.5. The van der Waals surface area contributed by atoms with Gasteiger partial charge in [-0.15, -0.1) is 24.5 Å². The third-order valence-corrected chi connectivity index (χ3v) is 4.39. The van der Waals surface area contributed by atoms with Crippen molar-refractivity contribution in [1.82, 2.24) is 4.98 Å². The maximum Gasteiger partial charge on any atom is 0.573 e. The molecule has 0 atom stereocenters. The van der Waals surface area contributed by atoms with E-state index >= 15 is 0 Å². The second-order valence-electron chi connectivity index (χ2n) is 5.80. The van der Waals surface area contributed by atoms with E-state index in [2.05, 4.69) is 20.4 Å². The van der Waals surface area contributed by atoms with Crippen LogP contribution in [0.3, 0.4) is 0 Å². The number of methoxy groups -OCH3 is 1. The van der Waals surface area contributed by atoms with Gasteiger partial charge in [0.15, 0.2) is 5.13 Å². The van der Waals surface area contributed by atoms with Crippen molar-refractivity contribution in [3.8, 4) is 11.5 Å². The van der Waals surface area contributed by atoms with Crippen molar-refractivity contribution < 1.29 is 27.4 Å². The number of ether oxygens (including phenoxy) is 2. The summed E-state index contributed by atoms with van der Waals surface area (Å²) in [4.78, 5) is 16.5. The zero-order valence-electron chi connectivity index (χ0n) is 15.1. The Morgan fingerprint density at radius 2 is 1.86 bits per heavy atom. The summed E-state index contributed by atoms with van der Waals surface area (Å²) in [6.07, 6.45) is -4.65. The summed E-state index contributed by atoms with van der Waals surface area (Å²) < 4.78 is 45.5. The smallest absolute Gasteiger partial charge is 0.497 e. The average Bonchev–Trinajstić information content (AvgIpc) is 3.09. The van der Waals surface area contributed by atoms with Gasteiger partial charge in [0.25, 0.3) is 0 Å². The molecule has 0 saturated heterocycles. The molecule has 0 unspecified atom stereocenters. The van der Waals surface area contributed by atoms with Gasteiger partial charge in [0, 0.05) is 22.8 Å². The Kier molecular flexibility index (Phi) is 6.23. The molecular weight excluding hydrogens is 407 g/mol. The van der Waals surface area contributed by atoms with Crippen molar-refractivity contribution in [3.05, 3.63) is 59.6 Å². The lowest BCUT2D eigenvalue weighted by molar-refractivity contribution is -0.274. The zero-order chi connectivity index (χ0) is 20.9. The number of nitrogens with zero attached hydrogens (tertiary/aromatic N) is 1. The number of hydrogen-bond acceptors (Lipinski definition) is 6. The molecule has 1 heterocycles. The van der Waals surface area contributed by atoms with Crippen molar-refractivity contribution >= 4 is 33.8 Å². The van der Waals surface area contributed by atoms with Crippen LogP contribution >= 0.6 is 11.3 Å². The van der Waals surface area contributed by atoms with Crippen LogP contribution in [0, 0.1) is 0 Å². The first-order valence-corrected chi connectivity index (χ1v) is 9.20. The number of carbonyl (C=O) groups is 1. The number of alkyl halides is 3. The van der Waals surface area contributed by atoms with Gasteiger partial charge in [0.05, 0.1) is 19.2 Å². The summed E-state index contributed by atoms with van der Waals surface area (Å²) in [5.74, 6) is 0.0930. The molecule has 1 aromatic heterocycles. The van der Waals surface area contributed by atoms with E-state index in [0.29, 0.717) is 27.9 Å². The van der Waals surface area contributed by atoms with E-state index in [4.69, 9.17) is 4.74 Å². The molecule has 1 amide bonds. The summed E-state index contributed by atoms with van der Waals surface area (Å²) in [5.41, 5.74) is 1.72. The van der Waals surface area contributed by atoms with E-state index in [9.17, 15) is 18.0 Å². The number of carbonyl (C=O) groups excluding carboxylic acids is 1. The highest BCUT2D eigenvalue weighted by Gasteiger charge is 2.30. The highest BCUT2D eigenvalue weighted by Crippen LogP contribution is 2.26. The fraction of sp³-hybridized carbons (Fsp3) is 0.158. The quantitative estimate of drug-likeness (QED) is 0.561. The standard InChI is InChI=1S/C19H16F3N3O3S/c1-27-16-4-2-3-13(9-16)23-17(26)10-14-11-29-18(25-14)24-12-5-7-15(8-6-12)28-19(20,21)22/h2-9,11H,10H2,1H3,(H,23,26)(H,24,25). The SMILES string of the molecule is COc1cccc(NC(=O)Cc2csc(Nc3ccc(OC(F)(F)F)cc3)n2)c1. The summed E-state index contributed by atoms with van der Waals surface area (Å²) in [5, 5.41) is 7.99. The molecule has 2 aromatic carbocycles. The molecular formula is C19H16F3N3O3S. The highest BCUT2D eigenvalue weighted by molar-refractivity contribution is 7.13. The van der Waals surface area contributed by atoms with Crippen LogP contribution in [0.15, 0.2) is 53.9 Å². The molecule has 0 bridgehead atoms. The second kappa shape index (κ2) is 8.82. The molecule has 0 fully saturated rings. The van der Waals surface area contributed by atoms with Crippen molar-refractivity contribution in [2.75, 3.05) is 17.7 Å². The van der Waals surface area contributed by atoms with Gasteiger partial charge in [-0.3, -0.25) is 4.79 Å². The molecule has 0 aliphatic rings. The lowest BCUT2D eigenvalue weighted by Gasteiger charge is -2.09. The molecule has 0 saturated carbocycles. The Bertz CT molecular complexity index is 975. The predicted molar refractivity (Wildman–Crippen MR) is 104 cm³/mol. The van der Waals surface area contributed by atoms with Gasteiger partial charge in [-0.25, -0.2) is 4.98 Å². The third-order valence-electron chi connectivity index (χ3n) is 3.59. The van der Waals surface area contributed by atoms with Gasteiger partial charge in [0.2, 0.25) is 5.91 Å². The van der Waals surface area contributed by atoms with E-state index in [-0.39, 0.29) is 18.1 Å². The maximum absolute atomic E-state index is 12.2. The number of anilines is 3. The Morgan fingerprint density at radius 3 is 2.55 bits per heavy atom. The Morgan fingerprint density at radius 1 is 1.10 bits per heavy atom. The Hall–Kier alpha value is -3.27. The van der Waals surface area contributed by atoms with Crippen LogP contribution in [0.5, 0.6) is 11.5 Å². The van der Waals surface area contributed by atoms with Gasteiger partial charge in [-0.05, 0) is 36.4 Å². The van der Waals surface area contributed by atoms with E-state index in [1.807, 2.05) is 0 Å². The van der Waals surface area contributed by atoms with E-state index < -0.39 is 6.36 Å². The van der Waals surface area contributed by atoms with Crippen LogP contribution in [-0.2, 0) is 11.2 Å². The number of hydrogen-bond donors (Lipinski definition) is 2. The first-order chi connectivity index (χ1) is 13.8. The number of thiazole rings is 1. The number of halogens is 3. The molecule has 10 heteroatoms. The highest BCUT2D eigenvalue weighted by atomic mass is 32.1. The van der Waals surface area contributed by atoms with Crippen LogP contribution in [0.2, 0.25) is 0 Å². The largest absolute Gasteiger partial charge is 0.573 e. The third kappa shape index (κ3) is 6.39. The maximum atomic E-state index is 12.2. The van der Waals surface area contributed by atoms with Crippen LogP contribution in [0.4, 0.5) is 29.7 Å². The van der Waals surface area contributed by atoms with Crippen LogP contribution in [0.1, 0.15) is 5.69 Å². The molecule has 0 spiro atoms. The Labute approximate surface area is 168 Å². The lowest BCUT2D eigenvalue weighted by Crippen LogP contribution is -2.16.